The van der Waals surface area contributed by atoms with Gasteiger partial charge in [0.25, 0.3) is 0 Å². The van der Waals surface area contributed by atoms with Crippen molar-refractivity contribution in [3.63, 3.8) is 0 Å². The van der Waals surface area contributed by atoms with Crippen molar-refractivity contribution in [3.8, 4) is 0 Å². The molecule has 0 amide bonds. The Labute approximate surface area is 109 Å². The van der Waals surface area contributed by atoms with E-state index in [1.807, 2.05) is 17.5 Å². The average Bonchev–Trinajstić information content (AvgIpc) is 2.94. The van der Waals surface area contributed by atoms with Crippen molar-refractivity contribution in [2.45, 2.75) is 20.4 Å². The van der Waals surface area contributed by atoms with E-state index in [9.17, 15) is 0 Å². The van der Waals surface area contributed by atoms with E-state index in [1.165, 1.54) is 9.75 Å². The molecule has 6 heteroatoms. The molecule has 18 heavy (non-hydrogen) atoms. The second-order valence-electron chi connectivity index (χ2n) is 4.08. The number of fused-ring (bicyclic) bond motifs is 1. The van der Waals surface area contributed by atoms with Gasteiger partial charge in [0.15, 0.2) is 5.82 Å². The van der Waals surface area contributed by atoms with Crippen LogP contribution >= 0.6 is 11.3 Å². The van der Waals surface area contributed by atoms with E-state index in [4.69, 9.17) is 0 Å². The SMILES string of the molecule is Cc1ccc(CNc2nccn3c(C)nnc23)s1. The summed E-state index contributed by atoms with van der Waals surface area (Å²) in [4.78, 5) is 6.91. The van der Waals surface area contributed by atoms with Crippen LogP contribution in [-0.4, -0.2) is 19.6 Å². The molecular formula is C12H13N5S. The lowest BCUT2D eigenvalue weighted by molar-refractivity contribution is 1.00. The van der Waals surface area contributed by atoms with Crippen molar-refractivity contribution in [2.75, 3.05) is 5.32 Å². The van der Waals surface area contributed by atoms with E-state index < -0.39 is 0 Å². The normalized spacial score (nSPS) is 11.0. The van der Waals surface area contributed by atoms with Crippen LogP contribution in [0.1, 0.15) is 15.6 Å². The van der Waals surface area contributed by atoms with Crippen molar-refractivity contribution in [2.24, 2.45) is 0 Å². The highest BCUT2D eigenvalue weighted by Gasteiger charge is 2.07. The molecule has 1 N–H and O–H groups in total. The van der Waals surface area contributed by atoms with Crippen molar-refractivity contribution >= 4 is 22.8 Å². The Morgan fingerprint density at radius 3 is 2.94 bits per heavy atom. The number of nitrogens with zero attached hydrogens (tertiary/aromatic N) is 4. The lowest BCUT2D eigenvalue weighted by Gasteiger charge is -2.04. The summed E-state index contributed by atoms with van der Waals surface area (Å²) < 4.78 is 1.93. The molecule has 0 aliphatic rings. The van der Waals surface area contributed by atoms with E-state index in [1.54, 1.807) is 17.5 Å². The third-order valence-corrected chi connectivity index (χ3v) is 3.72. The van der Waals surface area contributed by atoms with Crippen LogP contribution in [0.2, 0.25) is 0 Å². The number of aryl methyl sites for hydroxylation is 2. The van der Waals surface area contributed by atoms with Gasteiger partial charge in [0.05, 0.1) is 6.54 Å². The van der Waals surface area contributed by atoms with E-state index in [0.717, 1.165) is 23.8 Å². The quantitative estimate of drug-likeness (QED) is 0.784. The van der Waals surface area contributed by atoms with Crippen molar-refractivity contribution in [3.05, 3.63) is 40.1 Å². The highest BCUT2D eigenvalue weighted by molar-refractivity contribution is 7.11. The summed E-state index contributed by atoms with van der Waals surface area (Å²) >= 11 is 1.78. The van der Waals surface area contributed by atoms with Crippen molar-refractivity contribution in [1.82, 2.24) is 19.6 Å². The molecule has 3 heterocycles. The molecule has 0 aromatic carbocycles. The summed E-state index contributed by atoms with van der Waals surface area (Å²) in [6.45, 7) is 4.79. The van der Waals surface area contributed by atoms with E-state index in [0.29, 0.717) is 0 Å². The summed E-state index contributed by atoms with van der Waals surface area (Å²) in [6, 6.07) is 4.25. The standard InChI is InChI=1S/C12H13N5S/c1-8-3-4-10(18-8)7-14-11-12-16-15-9(2)17(12)6-5-13-11/h3-6H,7H2,1-2H3,(H,13,14). The second-order valence-corrected chi connectivity index (χ2v) is 5.46. The molecule has 0 atom stereocenters. The van der Waals surface area contributed by atoms with Gasteiger partial charge in [-0.25, -0.2) is 4.98 Å². The molecule has 0 radical (unpaired) electrons. The minimum absolute atomic E-state index is 0.761. The molecule has 0 spiro atoms. The Balaban J connectivity index is 1.86. The first-order chi connectivity index (χ1) is 8.74. The maximum atomic E-state index is 4.31. The zero-order chi connectivity index (χ0) is 12.5. The van der Waals surface area contributed by atoms with Gasteiger partial charge in [-0.05, 0) is 26.0 Å². The van der Waals surface area contributed by atoms with Gasteiger partial charge in [-0.1, -0.05) is 0 Å². The summed E-state index contributed by atoms with van der Waals surface area (Å²) in [7, 11) is 0. The van der Waals surface area contributed by atoms with Crippen LogP contribution in [0.3, 0.4) is 0 Å². The number of hydrogen-bond acceptors (Lipinski definition) is 5. The molecule has 0 saturated carbocycles. The minimum atomic E-state index is 0.761. The molecule has 0 fully saturated rings. The Kier molecular flexibility index (Phi) is 2.71. The molecule has 3 aromatic heterocycles. The molecule has 92 valence electrons. The van der Waals surface area contributed by atoms with Gasteiger partial charge < -0.3 is 5.32 Å². The smallest absolute Gasteiger partial charge is 0.203 e. The lowest BCUT2D eigenvalue weighted by atomic mass is 10.4. The second kappa shape index (κ2) is 4.38. The number of rotatable bonds is 3. The third-order valence-electron chi connectivity index (χ3n) is 2.72. The maximum Gasteiger partial charge on any atom is 0.203 e. The number of thiophene rings is 1. The van der Waals surface area contributed by atoms with Crippen LogP contribution in [0.25, 0.3) is 5.65 Å². The number of aromatic nitrogens is 4. The van der Waals surface area contributed by atoms with Gasteiger partial charge in [-0.2, -0.15) is 0 Å². The zero-order valence-electron chi connectivity index (χ0n) is 10.2. The zero-order valence-corrected chi connectivity index (χ0v) is 11.0. The first-order valence-corrected chi connectivity index (χ1v) is 6.51. The number of anilines is 1. The fourth-order valence-electron chi connectivity index (χ4n) is 1.82. The molecule has 3 rings (SSSR count). The summed E-state index contributed by atoms with van der Waals surface area (Å²) in [6.07, 6.45) is 3.62. The molecular weight excluding hydrogens is 246 g/mol. The summed E-state index contributed by atoms with van der Waals surface area (Å²) in [5.74, 6) is 1.63. The monoisotopic (exact) mass is 259 g/mol. The fraction of sp³-hybridized carbons (Fsp3) is 0.250. The molecule has 3 aromatic rings. The molecule has 0 saturated heterocycles. The van der Waals surface area contributed by atoms with Crippen LogP contribution in [-0.2, 0) is 6.54 Å². The topological polar surface area (TPSA) is 55.1 Å². The molecule has 0 bridgehead atoms. The van der Waals surface area contributed by atoms with Gasteiger partial charge in [0.2, 0.25) is 5.65 Å². The lowest BCUT2D eigenvalue weighted by Crippen LogP contribution is -2.02. The van der Waals surface area contributed by atoms with Gasteiger partial charge >= 0.3 is 0 Å². The Bertz CT molecular complexity index is 685. The van der Waals surface area contributed by atoms with Crippen LogP contribution < -0.4 is 5.32 Å². The average molecular weight is 259 g/mol. The van der Waals surface area contributed by atoms with E-state index >= 15 is 0 Å². The molecule has 5 nitrogen and oxygen atoms in total. The number of nitrogens with one attached hydrogen (secondary N) is 1. The van der Waals surface area contributed by atoms with Crippen LogP contribution in [0.5, 0.6) is 0 Å². The fourth-order valence-corrected chi connectivity index (χ4v) is 2.65. The predicted molar refractivity (Wildman–Crippen MR) is 71.9 cm³/mol. The molecule has 0 aliphatic carbocycles. The Morgan fingerprint density at radius 1 is 1.28 bits per heavy atom. The van der Waals surface area contributed by atoms with Crippen LogP contribution in [0.4, 0.5) is 5.82 Å². The highest BCUT2D eigenvalue weighted by atomic mass is 32.1. The molecule has 0 aliphatic heterocycles. The predicted octanol–water partition coefficient (Wildman–Crippen LogP) is 2.41. The molecule has 0 unspecified atom stereocenters. The van der Waals surface area contributed by atoms with Crippen molar-refractivity contribution in [1.29, 1.82) is 0 Å². The van der Waals surface area contributed by atoms with Gasteiger partial charge in [0.1, 0.15) is 5.82 Å². The van der Waals surface area contributed by atoms with E-state index in [2.05, 4.69) is 39.6 Å². The largest absolute Gasteiger partial charge is 0.362 e. The summed E-state index contributed by atoms with van der Waals surface area (Å²) in [5.41, 5.74) is 0.767. The highest BCUT2D eigenvalue weighted by Crippen LogP contribution is 2.18. The van der Waals surface area contributed by atoms with Gasteiger partial charge in [-0.3, -0.25) is 4.40 Å². The van der Waals surface area contributed by atoms with Gasteiger partial charge in [-0.15, -0.1) is 21.5 Å². The summed E-state index contributed by atoms with van der Waals surface area (Å²) in [5, 5.41) is 11.5. The first-order valence-electron chi connectivity index (χ1n) is 5.69. The van der Waals surface area contributed by atoms with Gasteiger partial charge in [0, 0.05) is 22.1 Å². The van der Waals surface area contributed by atoms with E-state index in [-0.39, 0.29) is 0 Å². The first kappa shape index (κ1) is 11.2. The maximum absolute atomic E-state index is 4.31. The van der Waals surface area contributed by atoms with Crippen LogP contribution in [0.15, 0.2) is 24.5 Å². The minimum Gasteiger partial charge on any atom is -0.362 e. The number of hydrogen-bond donors (Lipinski definition) is 1. The van der Waals surface area contributed by atoms with Crippen molar-refractivity contribution < 1.29 is 0 Å². The third kappa shape index (κ3) is 1.95. The Hall–Kier alpha value is -1.95. The Morgan fingerprint density at radius 2 is 2.17 bits per heavy atom. The van der Waals surface area contributed by atoms with Crippen LogP contribution in [0, 0.1) is 13.8 Å².